The van der Waals surface area contributed by atoms with E-state index in [9.17, 15) is 14.7 Å². The summed E-state index contributed by atoms with van der Waals surface area (Å²) in [6.07, 6.45) is -0.0554. The zero-order valence-electron chi connectivity index (χ0n) is 7.83. The molecule has 5 heteroatoms. The molecule has 0 aromatic heterocycles. The highest BCUT2D eigenvalue weighted by atomic mass is 16.4. The highest BCUT2D eigenvalue weighted by molar-refractivity contribution is 5.93. The molecule has 5 nitrogen and oxygen atoms in total. The van der Waals surface area contributed by atoms with Crippen LogP contribution in [0.15, 0.2) is 0 Å². The maximum atomic E-state index is 10.8. The van der Waals surface area contributed by atoms with Crippen LogP contribution in [0.1, 0.15) is 26.7 Å². The number of hydrogen-bond acceptors (Lipinski definition) is 3. The van der Waals surface area contributed by atoms with Crippen LogP contribution in [0.3, 0.4) is 0 Å². The molecule has 76 valence electrons. The van der Waals surface area contributed by atoms with Crippen molar-refractivity contribution >= 4 is 11.9 Å². The summed E-state index contributed by atoms with van der Waals surface area (Å²) < 4.78 is 0. The molecule has 3 N–H and O–H groups in total. The normalized spacial score (nSPS) is 14.7. The number of carbonyl (C=O) groups is 2. The number of hydrogen-bond donors (Lipinski definition) is 3. The SMILES string of the molecule is CCC(C)(O)CNC(=O)CC(=O)O. The minimum Gasteiger partial charge on any atom is -0.481 e. The lowest BCUT2D eigenvalue weighted by molar-refractivity contribution is -0.141. The summed E-state index contributed by atoms with van der Waals surface area (Å²) >= 11 is 0. The molecule has 0 fully saturated rings. The van der Waals surface area contributed by atoms with Crippen LogP contribution in [0.5, 0.6) is 0 Å². The van der Waals surface area contributed by atoms with Crippen molar-refractivity contribution in [3.8, 4) is 0 Å². The van der Waals surface area contributed by atoms with Crippen molar-refractivity contribution in [3.63, 3.8) is 0 Å². The Kier molecular flexibility index (Phi) is 4.40. The van der Waals surface area contributed by atoms with Crippen LogP contribution in [-0.4, -0.2) is 34.2 Å². The smallest absolute Gasteiger partial charge is 0.312 e. The highest BCUT2D eigenvalue weighted by Gasteiger charge is 2.18. The Labute approximate surface area is 76.8 Å². The largest absolute Gasteiger partial charge is 0.481 e. The monoisotopic (exact) mass is 189 g/mol. The molecule has 0 aromatic carbocycles. The topological polar surface area (TPSA) is 86.6 Å². The van der Waals surface area contributed by atoms with Gasteiger partial charge in [0.25, 0.3) is 0 Å². The number of amides is 1. The molecule has 0 spiro atoms. The lowest BCUT2D eigenvalue weighted by atomic mass is 10.0. The first-order chi connectivity index (χ1) is 5.87. The quantitative estimate of drug-likeness (QED) is 0.520. The predicted molar refractivity (Wildman–Crippen MR) is 46.2 cm³/mol. The number of rotatable bonds is 5. The third-order valence-electron chi connectivity index (χ3n) is 1.74. The molecule has 0 aliphatic heterocycles. The number of aliphatic hydroxyl groups is 1. The lowest BCUT2D eigenvalue weighted by Gasteiger charge is -2.21. The van der Waals surface area contributed by atoms with Crippen molar-refractivity contribution in [2.45, 2.75) is 32.3 Å². The zero-order chi connectivity index (χ0) is 10.5. The first-order valence-electron chi connectivity index (χ1n) is 4.08. The number of aliphatic carboxylic acids is 1. The van der Waals surface area contributed by atoms with Gasteiger partial charge in [-0.05, 0) is 13.3 Å². The van der Waals surface area contributed by atoms with Crippen molar-refractivity contribution in [2.75, 3.05) is 6.54 Å². The maximum absolute atomic E-state index is 10.8. The number of carboxylic acids is 1. The Bertz CT molecular complexity index is 200. The summed E-state index contributed by atoms with van der Waals surface area (Å²) in [6, 6.07) is 0. The molecule has 0 rings (SSSR count). The van der Waals surface area contributed by atoms with E-state index in [4.69, 9.17) is 5.11 Å². The summed E-state index contributed by atoms with van der Waals surface area (Å²) in [5, 5.41) is 20.0. The summed E-state index contributed by atoms with van der Waals surface area (Å²) in [5.41, 5.74) is -0.964. The second kappa shape index (κ2) is 4.81. The third kappa shape index (κ3) is 6.10. The fourth-order valence-electron chi connectivity index (χ4n) is 0.614. The molecule has 0 aliphatic carbocycles. The molecule has 13 heavy (non-hydrogen) atoms. The molecular formula is C8H15NO4. The van der Waals surface area contributed by atoms with Gasteiger partial charge in [-0.1, -0.05) is 6.92 Å². The van der Waals surface area contributed by atoms with Crippen LogP contribution in [0.4, 0.5) is 0 Å². The standard InChI is InChI=1S/C8H15NO4/c1-3-8(2,13)5-9-6(10)4-7(11)12/h13H,3-5H2,1-2H3,(H,9,10)(H,11,12). The van der Waals surface area contributed by atoms with E-state index in [1.807, 2.05) is 0 Å². The van der Waals surface area contributed by atoms with Crippen LogP contribution < -0.4 is 5.32 Å². The highest BCUT2D eigenvalue weighted by Crippen LogP contribution is 2.05. The maximum Gasteiger partial charge on any atom is 0.312 e. The van der Waals surface area contributed by atoms with Gasteiger partial charge < -0.3 is 15.5 Å². The minimum absolute atomic E-state index is 0.0790. The average Bonchev–Trinajstić information content (AvgIpc) is 2.00. The Morgan fingerprint density at radius 2 is 2.00 bits per heavy atom. The van der Waals surface area contributed by atoms with Gasteiger partial charge in [-0.25, -0.2) is 0 Å². The fraction of sp³-hybridized carbons (Fsp3) is 0.750. The summed E-state index contributed by atoms with van der Waals surface area (Å²) in [5.74, 6) is -1.75. The molecule has 0 radical (unpaired) electrons. The van der Waals surface area contributed by atoms with E-state index in [1.165, 1.54) is 0 Å². The van der Waals surface area contributed by atoms with Crippen LogP contribution in [0.2, 0.25) is 0 Å². The van der Waals surface area contributed by atoms with Crippen molar-refractivity contribution in [3.05, 3.63) is 0 Å². The molecule has 0 saturated heterocycles. The van der Waals surface area contributed by atoms with Gasteiger partial charge in [0.2, 0.25) is 5.91 Å². The molecule has 0 saturated carbocycles. The van der Waals surface area contributed by atoms with E-state index < -0.39 is 23.9 Å². The van der Waals surface area contributed by atoms with Crippen molar-refractivity contribution in [1.82, 2.24) is 5.32 Å². The van der Waals surface area contributed by atoms with Gasteiger partial charge in [0.1, 0.15) is 6.42 Å². The minimum atomic E-state index is -1.17. The first-order valence-corrected chi connectivity index (χ1v) is 4.08. The second-order valence-corrected chi connectivity index (χ2v) is 3.20. The van der Waals surface area contributed by atoms with E-state index in [0.29, 0.717) is 6.42 Å². The van der Waals surface area contributed by atoms with Crippen LogP contribution in [0, 0.1) is 0 Å². The van der Waals surface area contributed by atoms with Crippen molar-refractivity contribution in [1.29, 1.82) is 0 Å². The summed E-state index contributed by atoms with van der Waals surface area (Å²) in [6.45, 7) is 3.44. The number of carboxylic acid groups (broad SMARTS) is 1. The molecule has 0 aliphatic rings. The van der Waals surface area contributed by atoms with Crippen LogP contribution in [0.25, 0.3) is 0 Å². The van der Waals surface area contributed by atoms with Gasteiger partial charge in [-0.15, -0.1) is 0 Å². The molecule has 1 unspecified atom stereocenters. The van der Waals surface area contributed by atoms with Gasteiger partial charge >= 0.3 is 5.97 Å². The van der Waals surface area contributed by atoms with Crippen molar-refractivity contribution in [2.24, 2.45) is 0 Å². The van der Waals surface area contributed by atoms with E-state index in [1.54, 1.807) is 13.8 Å². The van der Waals surface area contributed by atoms with E-state index in [2.05, 4.69) is 5.32 Å². The van der Waals surface area contributed by atoms with Gasteiger partial charge in [-0.2, -0.15) is 0 Å². The van der Waals surface area contributed by atoms with Gasteiger partial charge in [0.15, 0.2) is 0 Å². The van der Waals surface area contributed by atoms with Gasteiger partial charge in [0.05, 0.1) is 5.60 Å². The molecule has 0 bridgehead atoms. The van der Waals surface area contributed by atoms with Crippen molar-refractivity contribution < 1.29 is 19.8 Å². The Hall–Kier alpha value is -1.10. The number of nitrogens with one attached hydrogen (secondary N) is 1. The second-order valence-electron chi connectivity index (χ2n) is 3.20. The predicted octanol–water partition coefficient (Wildman–Crippen LogP) is -0.262. The molecular weight excluding hydrogens is 174 g/mol. The van der Waals surface area contributed by atoms with E-state index in [-0.39, 0.29) is 6.54 Å². The molecule has 1 amide bonds. The Morgan fingerprint density at radius 3 is 2.38 bits per heavy atom. The fourth-order valence-corrected chi connectivity index (χ4v) is 0.614. The molecule has 0 heterocycles. The summed E-state index contributed by atoms with van der Waals surface area (Å²) in [7, 11) is 0. The van der Waals surface area contributed by atoms with Gasteiger partial charge in [-0.3, -0.25) is 9.59 Å². The summed E-state index contributed by atoms with van der Waals surface area (Å²) in [4.78, 5) is 20.9. The Morgan fingerprint density at radius 1 is 1.46 bits per heavy atom. The van der Waals surface area contributed by atoms with Crippen LogP contribution in [-0.2, 0) is 9.59 Å². The average molecular weight is 189 g/mol. The number of carbonyl (C=O) groups excluding carboxylic acids is 1. The Balaban J connectivity index is 3.76. The zero-order valence-corrected chi connectivity index (χ0v) is 7.83. The third-order valence-corrected chi connectivity index (χ3v) is 1.74. The molecule has 1 atom stereocenters. The van der Waals surface area contributed by atoms with Crippen LogP contribution >= 0.6 is 0 Å². The lowest BCUT2D eigenvalue weighted by Crippen LogP contribution is -2.40. The first kappa shape index (κ1) is 11.9. The molecule has 0 aromatic rings. The van der Waals surface area contributed by atoms with E-state index >= 15 is 0 Å². The van der Waals surface area contributed by atoms with Gasteiger partial charge in [0, 0.05) is 6.54 Å². The van der Waals surface area contributed by atoms with E-state index in [0.717, 1.165) is 0 Å².